The lowest BCUT2D eigenvalue weighted by Crippen LogP contribution is -2.47. The van der Waals surface area contributed by atoms with Crippen LogP contribution in [0.4, 0.5) is 4.39 Å². The van der Waals surface area contributed by atoms with Crippen LogP contribution in [-0.2, 0) is 0 Å². The molecule has 5 nitrogen and oxygen atoms in total. The number of rotatable bonds is 5. The highest BCUT2D eigenvalue weighted by Crippen LogP contribution is 2.38. The average Bonchev–Trinajstić information content (AvgIpc) is 3.37. The first-order chi connectivity index (χ1) is 12.1. The van der Waals surface area contributed by atoms with Crippen LogP contribution in [0.1, 0.15) is 62.0 Å². The second kappa shape index (κ2) is 6.84. The molecule has 1 saturated heterocycles. The highest BCUT2D eigenvalue weighted by molar-refractivity contribution is 5.19. The van der Waals surface area contributed by atoms with E-state index in [1.807, 2.05) is 6.07 Å². The monoisotopic (exact) mass is 344 g/mol. The Labute approximate surface area is 147 Å². The van der Waals surface area contributed by atoms with Crippen molar-refractivity contribution in [3.05, 3.63) is 47.4 Å². The molecule has 1 aromatic heterocycles. The topological polar surface area (TPSA) is 45.4 Å². The molecule has 0 spiro atoms. The van der Waals surface area contributed by atoms with Crippen LogP contribution in [0.3, 0.4) is 0 Å². The fraction of sp³-hybridized carbons (Fsp3) is 0.579. The van der Waals surface area contributed by atoms with Gasteiger partial charge in [0.15, 0.2) is 5.82 Å². The molecule has 1 aromatic carbocycles. The van der Waals surface area contributed by atoms with Gasteiger partial charge in [-0.25, -0.2) is 4.39 Å². The third-order valence-electron chi connectivity index (χ3n) is 5.53. The maximum absolute atomic E-state index is 13.5. The summed E-state index contributed by atoms with van der Waals surface area (Å²) >= 11 is 0. The molecular weight excluding hydrogens is 319 g/mol. The van der Waals surface area contributed by atoms with Gasteiger partial charge in [-0.15, -0.1) is 0 Å². The Kier molecular flexibility index (Phi) is 4.56. The molecule has 0 N–H and O–H groups in total. The van der Waals surface area contributed by atoms with E-state index in [-0.39, 0.29) is 17.9 Å². The van der Waals surface area contributed by atoms with Gasteiger partial charge in [-0.3, -0.25) is 9.80 Å². The number of hydrogen-bond acceptors (Lipinski definition) is 5. The molecule has 0 radical (unpaired) electrons. The van der Waals surface area contributed by atoms with Gasteiger partial charge in [0.2, 0.25) is 5.89 Å². The van der Waals surface area contributed by atoms with Crippen LogP contribution in [0, 0.1) is 5.82 Å². The number of aromatic nitrogens is 2. The lowest BCUT2D eigenvalue weighted by Gasteiger charge is -2.39. The second-order valence-corrected chi connectivity index (χ2v) is 7.24. The van der Waals surface area contributed by atoms with Crippen molar-refractivity contribution in [2.45, 2.75) is 44.7 Å². The van der Waals surface area contributed by atoms with Crippen LogP contribution in [0.15, 0.2) is 28.8 Å². The number of benzene rings is 1. The van der Waals surface area contributed by atoms with E-state index in [2.05, 4.69) is 33.8 Å². The van der Waals surface area contributed by atoms with Crippen molar-refractivity contribution in [1.29, 1.82) is 0 Å². The Bertz CT molecular complexity index is 722. The van der Waals surface area contributed by atoms with E-state index in [9.17, 15) is 4.39 Å². The number of nitrogens with zero attached hydrogens (tertiary/aromatic N) is 4. The van der Waals surface area contributed by atoms with Crippen LogP contribution in [0.2, 0.25) is 0 Å². The molecule has 1 aliphatic heterocycles. The molecule has 2 atom stereocenters. The molecule has 2 heterocycles. The van der Waals surface area contributed by atoms with Crippen LogP contribution >= 0.6 is 0 Å². The van der Waals surface area contributed by atoms with Crippen LogP contribution in [0.25, 0.3) is 0 Å². The summed E-state index contributed by atoms with van der Waals surface area (Å²) in [6.45, 7) is 8.07. The Morgan fingerprint density at radius 1 is 1.08 bits per heavy atom. The van der Waals surface area contributed by atoms with E-state index in [0.29, 0.717) is 5.92 Å². The zero-order chi connectivity index (χ0) is 17.4. The predicted molar refractivity (Wildman–Crippen MR) is 92.6 cm³/mol. The van der Waals surface area contributed by atoms with Gasteiger partial charge in [-0.2, -0.15) is 4.98 Å². The van der Waals surface area contributed by atoms with Crippen molar-refractivity contribution < 1.29 is 8.91 Å². The Morgan fingerprint density at radius 2 is 1.76 bits per heavy atom. The molecule has 134 valence electrons. The standard InChI is InChI=1S/C19H25FN4O/c1-13(16-4-3-5-17(20)12-16)23-8-10-24(11-9-23)14(2)19-21-18(22-25-19)15-6-7-15/h3-5,12-15H,6-11H2,1-2H3. The van der Waals surface area contributed by atoms with Crippen molar-refractivity contribution in [2.75, 3.05) is 26.2 Å². The molecule has 0 bridgehead atoms. The van der Waals surface area contributed by atoms with E-state index in [1.54, 1.807) is 12.1 Å². The number of halogens is 1. The molecule has 0 amide bonds. The molecular formula is C19H25FN4O. The SMILES string of the molecule is CC(c1cccc(F)c1)N1CCN(C(C)c2nc(C3CC3)no2)CC1. The second-order valence-electron chi connectivity index (χ2n) is 7.24. The fourth-order valence-electron chi connectivity index (χ4n) is 3.57. The van der Waals surface area contributed by atoms with Crippen LogP contribution in [0.5, 0.6) is 0 Å². The van der Waals surface area contributed by atoms with Gasteiger partial charge in [0.25, 0.3) is 0 Å². The fourth-order valence-corrected chi connectivity index (χ4v) is 3.57. The molecule has 25 heavy (non-hydrogen) atoms. The van der Waals surface area contributed by atoms with Gasteiger partial charge in [-0.05, 0) is 44.4 Å². The van der Waals surface area contributed by atoms with Crippen LogP contribution < -0.4 is 0 Å². The van der Waals surface area contributed by atoms with Crippen molar-refractivity contribution >= 4 is 0 Å². The van der Waals surface area contributed by atoms with E-state index >= 15 is 0 Å². The summed E-state index contributed by atoms with van der Waals surface area (Å²) < 4.78 is 18.9. The Hall–Kier alpha value is -1.79. The molecule has 6 heteroatoms. The largest absolute Gasteiger partial charge is 0.338 e. The molecule has 2 unspecified atom stereocenters. The Morgan fingerprint density at radius 3 is 2.40 bits per heavy atom. The lowest BCUT2D eigenvalue weighted by molar-refractivity contribution is 0.0677. The third kappa shape index (κ3) is 3.60. The lowest BCUT2D eigenvalue weighted by atomic mass is 10.1. The quantitative estimate of drug-likeness (QED) is 0.830. The highest BCUT2D eigenvalue weighted by Gasteiger charge is 2.32. The zero-order valence-corrected chi connectivity index (χ0v) is 14.9. The van der Waals surface area contributed by atoms with Crippen molar-refractivity contribution in [3.8, 4) is 0 Å². The summed E-state index contributed by atoms with van der Waals surface area (Å²) in [4.78, 5) is 9.38. The van der Waals surface area contributed by atoms with E-state index < -0.39 is 0 Å². The number of piperazine rings is 1. The molecule has 1 saturated carbocycles. The molecule has 4 rings (SSSR count). The summed E-state index contributed by atoms with van der Waals surface area (Å²) in [6.07, 6.45) is 2.37. The summed E-state index contributed by atoms with van der Waals surface area (Å²) in [7, 11) is 0. The maximum atomic E-state index is 13.5. The summed E-state index contributed by atoms with van der Waals surface area (Å²) in [6, 6.07) is 7.28. The summed E-state index contributed by atoms with van der Waals surface area (Å²) in [5, 5.41) is 4.13. The molecule has 1 aliphatic carbocycles. The highest BCUT2D eigenvalue weighted by atomic mass is 19.1. The van der Waals surface area contributed by atoms with Gasteiger partial charge < -0.3 is 4.52 Å². The average molecular weight is 344 g/mol. The third-order valence-corrected chi connectivity index (χ3v) is 5.53. The first-order valence-electron chi connectivity index (χ1n) is 9.19. The Balaban J connectivity index is 1.35. The van der Waals surface area contributed by atoms with Crippen LogP contribution in [-0.4, -0.2) is 46.1 Å². The number of hydrogen-bond donors (Lipinski definition) is 0. The van der Waals surface area contributed by atoms with Gasteiger partial charge in [-0.1, -0.05) is 17.3 Å². The predicted octanol–water partition coefficient (Wildman–Crippen LogP) is 3.53. The first-order valence-corrected chi connectivity index (χ1v) is 9.19. The molecule has 2 fully saturated rings. The van der Waals surface area contributed by atoms with Gasteiger partial charge in [0.05, 0.1) is 6.04 Å². The van der Waals surface area contributed by atoms with E-state index in [1.165, 1.54) is 18.9 Å². The van der Waals surface area contributed by atoms with Gasteiger partial charge in [0.1, 0.15) is 5.82 Å². The minimum Gasteiger partial charge on any atom is -0.338 e. The minimum absolute atomic E-state index is 0.145. The van der Waals surface area contributed by atoms with Crippen molar-refractivity contribution in [3.63, 3.8) is 0 Å². The van der Waals surface area contributed by atoms with E-state index in [0.717, 1.165) is 43.5 Å². The van der Waals surface area contributed by atoms with E-state index in [4.69, 9.17) is 4.52 Å². The maximum Gasteiger partial charge on any atom is 0.243 e. The van der Waals surface area contributed by atoms with Gasteiger partial charge >= 0.3 is 0 Å². The molecule has 2 aromatic rings. The summed E-state index contributed by atoms with van der Waals surface area (Å²) in [5.41, 5.74) is 1.03. The van der Waals surface area contributed by atoms with Crippen molar-refractivity contribution in [2.24, 2.45) is 0 Å². The molecule has 2 aliphatic rings. The smallest absolute Gasteiger partial charge is 0.243 e. The zero-order valence-electron chi connectivity index (χ0n) is 14.9. The summed E-state index contributed by atoms with van der Waals surface area (Å²) in [5.74, 6) is 1.96. The minimum atomic E-state index is -0.167. The van der Waals surface area contributed by atoms with Crippen molar-refractivity contribution in [1.82, 2.24) is 19.9 Å². The first kappa shape index (κ1) is 16.7. The van der Waals surface area contributed by atoms with Gasteiger partial charge in [0, 0.05) is 38.1 Å². The normalized spacial score (nSPS) is 22.0.